The first-order valence-electron chi connectivity index (χ1n) is 11.9. The number of hydrogen-bond acceptors (Lipinski definition) is 7. The van der Waals surface area contributed by atoms with Crippen LogP contribution in [0.5, 0.6) is 0 Å². The van der Waals surface area contributed by atoms with Gasteiger partial charge in [-0.15, -0.1) is 11.3 Å². The monoisotopic (exact) mass is 541 g/mol. The summed E-state index contributed by atoms with van der Waals surface area (Å²) in [5.41, 5.74) is 0.377. The van der Waals surface area contributed by atoms with Crippen molar-refractivity contribution in [3.05, 3.63) is 34.5 Å². The van der Waals surface area contributed by atoms with Gasteiger partial charge in [-0.1, -0.05) is 24.4 Å². The number of nitrogens with one attached hydrogen (secondary N) is 2. The number of likely N-dealkylation sites (tertiary alicyclic amines) is 1. The van der Waals surface area contributed by atoms with E-state index in [1.54, 1.807) is 5.38 Å². The van der Waals surface area contributed by atoms with E-state index in [0.717, 1.165) is 75.1 Å². The zero-order valence-electron chi connectivity index (χ0n) is 19.4. The van der Waals surface area contributed by atoms with E-state index >= 15 is 0 Å². The number of anilines is 2. The number of carbonyl (C=O) groups is 1. The summed E-state index contributed by atoms with van der Waals surface area (Å²) in [7, 11) is -2.07. The van der Waals surface area contributed by atoms with E-state index in [1.807, 2.05) is 4.90 Å². The lowest BCUT2D eigenvalue weighted by atomic mass is 9.87. The first kappa shape index (κ1) is 24.7. The number of hydrogen-bond donors (Lipinski definition) is 2. The second-order valence-corrected chi connectivity index (χ2v) is 12.6. The Kier molecular flexibility index (Phi) is 6.95. The zero-order valence-corrected chi connectivity index (χ0v) is 21.8. The molecule has 1 aromatic heterocycles. The molecule has 2 atom stereocenters. The second-order valence-electron chi connectivity index (χ2n) is 9.64. The van der Waals surface area contributed by atoms with Crippen LogP contribution in [-0.2, 0) is 14.8 Å². The summed E-state index contributed by atoms with van der Waals surface area (Å²) in [5, 5.41) is 5.31. The van der Waals surface area contributed by atoms with Crippen LogP contribution in [-0.4, -0.2) is 67.4 Å². The number of likely N-dealkylation sites (N-methyl/N-ethyl adjacent to an activating group) is 1. The zero-order chi connectivity index (χ0) is 24.7. The number of aromatic nitrogens is 1. The molecule has 3 fully saturated rings. The number of rotatable bonds is 8. The number of halogens is 2. The number of sulfonamides is 1. The van der Waals surface area contributed by atoms with Crippen LogP contribution in [0.25, 0.3) is 0 Å². The van der Waals surface area contributed by atoms with Crippen molar-refractivity contribution < 1.29 is 17.6 Å². The van der Waals surface area contributed by atoms with Crippen LogP contribution >= 0.6 is 22.9 Å². The number of benzene rings is 1. The summed E-state index contributed by atoms with van der Waals surface area (Å²) in [4.78, 5) is 20.0. The third-order valence-electron chi connectivity index (χ3n) is 7.24. The molecule has 35 heavy (non-hydrogen) atoms. The lowest BCUT2D eigenvalue weighted by molar-refractivity contribution is -0.140. The Morgan fingerprint density at radius 1 is 1.23 bits per heavy atom. The minimum absolute atomic E-state index is 0.0368. The maximum atomic E-state index is 15.0. The predicted molar refractivity (Wildman–Crippen MR) is 135 cm³/mol. The van der Waals surface area contributed by atoms with Crippen LogP contribution < -0.4 is 10.0 Å². The van der Waals surface area contributed by atoms with Gasteiger partial charge < -0.3 is 10.2 Å². The normalized spacial score (nSPS) is 23.3. The topological polar surface area (TPSA) is 94.6 Å². The Labute approximate surface area is 213 Å². The highest BCUT2D eigenvalue weighted by Gasteiger charge is 2.43. The Hall–Kier alpha value is -1.95. The number of thiazole rings is 1. The molecule has 2 aromatic rings. The Balaban J connectivity index is 1.27. The van der Waals surface area contributed by atoms with Gasteiger partial charge in [-0.3, -0.25) is 14.4 Å². The maximum Gasteiger partial charge on any atom is 0.266 e. The van der Waals surface area contributed by atoms with E-state index in [1.165, 1.54) is 6.20 Å². The summed E-state index contributed by atoms with van der Waals surface area (Å²) in [5.74, 6) is -0.351. The minimum Gasteiger partial charge on any atom is -0.379 e. The van der Waals surface area contributed by atoms with E-state index in [-0.39, 0.29) is 34.1 Å². The van der Waals surface area contributed by atoms with Crippen LogP contribution in [0.3, 0.4) is 0 Å². The molecule has 1 amide bonds. The summed E-state index contributed by atoms with van der Waals surface area (Å²) in [6.07, 6.45) is 7.53. The molecule has 2 N–H and O–H groups in total. The summed E-state index contributed by atoms with van der Waals surface area (Å²) in [6.45, 7) is 1.51. The van der Waals surface area contributed by atoms with E-state index in [0.29, 0.717) is 11.7 Å². The van der Waals surface area contributed by atoms with Crippen molar-refractivity contribution in [3.8, 4) is 0 Å². The highest BCUT2D eigenvalue weighted by Crippen LogP contribution is 2.36. The molecule has 190 valence electrons. The van der Waals surface area contributed by atoms with E-state index in [2.05, 4.69) is 27.0 Å². The molecular weight excluding hydrogens is 513 g/mol. The van der Waals surface area contributed by atoms with Gasteiger partial charge in [0.05, 0.1) is 10.7 Å². The first-order valence-corrected chi connectivity index (χ1v) is 14.7. The fraction of sp³-hybridized carbons (Fsp3) is 0.565. The SMILES string of the molecule is CN(C1CN(C(=O)C2CC2)C1)[C@H]1CCCC[C@@H]1Nc1cc(F)c(S(=O)(=O)Nc2nccs2)cc1Cl. The van der Waals surface area contributed by atoms with Gasteiger partial charge in [0.2, 0.25) is 5.91 Å². The van der Waals surface area contributed by atoms with Crippen LogP contribution in [0.4, 0.5) is 15.2 Å². The molecule has 1 saturated heterocycles. The van der Waals surface area contributed by atoms with Crippen LogP contribution in [0.15, 0.2) is 28.6 Å². The molecule has 1 aliphatic heterocycles. The lowest BCUT2D eigenvalue weighted by Crippen LogP contribution is -2.64. The molecule has 0 bridgehead atoms. The van der Waals surface area contributed by atoms with Gasteiger partial charge in [0.15, 0.2) is 5.13 Å². The van der Waals surface area contributed by atoms with Gasteiger partial charge in [-0.25, -0.2) is 17.8 Å². The number of carbonyl (C=O) groups excluding carboxylic acids is 1. The molecule has 0 spiro atoms. The van der Waals surface area contributed by atoms with Gasteiger partial charge in [0, 0.05) is 48.7 Å². The summed E-state index contributed by atoms with van der Waals surface area (Å²) in [6, 6.07) is 2.85. The van der Waals surface area contributed by atoms with E-state index in [4.69, 9.17) is 11.6 Å². The molecule has 2 saturated carbocycles. The first-order chi connectivity index (χ1) is 16.7. The molecule has 12 heteroatoms. The molecule has 2 aliphatic carbocycles. The molecule has 3 aliphatic rings. The van der Waals surface area contributed by atoms with Crippen molar-refractivity contribution in [2.45, 2.75) is 61.5 Å². The van der Waals surface area contributed by atoms with Gasteiger partial charge in [0.1, 0.15) is 10.7 Å². The van der Waals surface area contributed by atoms with Crippen LogP contribution in [0.1, 0.15) is 38.5 Å². The Morgan fingerprint density at radius 3 is 2.66 bits per heavy atom. The number of nitrogens with zero attached hydrogens (tertiary/aromatic N) is 3. The average molecular weight is 542 g/mol. The fourth-order valence-corrected chi connectivity index (χ4v) is 7.17. The van der Waals surface area contributed by atoms with Crippen LogP contribution in [0, 0.1) is 11.7 Å². The Morgan fingerprint density at radius 2 is 1.97 bits per heavy atom. The van der Waals surface area contributed by atoms with Gasteiger partial charge >= 0.3 is 0 Å². The molecule has 1 aromatic carbocycles. The van der Waals surface area contributed by atoms with Crippen molar-refractivity contribution in [1.82, 2.24) is 14.8 Å². The molecule has 0 unspecified atom stereocenters. The number of amides is 1. The predicted octanol–water partition coefficient (Wildman–Crippen LogP) is 4.01. The standard InChI is InChI=1S/C23H29ClFN5O3S2/c1-29(15-12-30(13-15)22(31)14-6-7-14)20-5-3-2-4-18(20)27-19-11-17(25)21(10-16(19)24)35(32,33)28-23-26-8-9-34-23/h8-11,14-15,18,20,27H,2-7,12-13H2,1H3,(H,26,28)/t18-,20-/m0/s1. The maximum absolute atomic E-state index is 15.0. The van der Waals surface area contributed by atoms with E-state index in [9.17, 15) is 17.6 Å². The molecule has 8 nitrogen and oxygen atoms in total. The van der Waals surface area contributed by atoms with Crippen molar-refractivity contribution in [2.75, 3.05) is 30.2 Å². The average Bonchev–Trinajstić information content (AvgIpc) is 3.52. The van der Waals surface area contributed by atoms with Gasteiger partial charge in [-0.05, 0) is 44.9 Å². The third kappa shape index (κ3) is 5.28. The summed E-state index contributed by atoms with van der Waals surface area (Å²) < 4.78 is 42.5. The fourth-order valence-electron chi connectivity index (χ4n) is 5.01. The van der Waals surface area contributed by atoms with Crippen molar-refractivity contribution in [2.24, 2.45) is 5.92 Å². The quantitative estimate of drug-likeness (QED) is 0.524. The van der Waals surface area contributed by atoms with Crippen molar-refractivity contribution >= 4 is 49.7 Å². The van der Waals surface area contributed by atoms with Gasteiger partial charge in [0.25, 0.3) is 10.0 Å². The summed E-state index contributed by atoms with van der Waals surface area (Å²) >= 11 is 7.54. The second kappa shape index (κ2) is 9.84. The molecule has 2 heterocycles. The highest BCUT2D eigenvalue weighted by atomic mass is 35.5. The van der Waals surface area contributed by atoms with Gasteiger partial charge in [-0.2, -0.15) is 0 Å². The molecular formula is C23H29ClFN5O3S2. The third-order valence-corrected chi connectivity index (χ3v) is 9.72. The van der Waals surface area contributed by atoms with Crippen molar-refractivity contribution in [3.63, 3.8) is 0 Å². The van der Waals surface area contributed by atoms with Crippen LogP contribution in [0.2, 0.25) is 5.02 Å². The minimum atomic E-state index is -4.16. The Bertz CT molecular complexity index is 1190. The van der Waals surface area contributed by atoms with E-state index < -0.39 is 20.7 Å². The van der Waals surface area contributed by atoms with Crippen molar-refractivity contribution in [1.29, 1.82) is 0 Å². The lowest BCUT2D eigenvalue weighted by Gasteiger charge is -2.49. The molecule has 5 rings (SSSR count). The largest absolute Gasteiger partial charge is 0.379 e. The molecule has 0 radical (unpaired) electrons. The smallest absolute Gasteiger partial charge is 0.266 e. The highest BCUT2D eigenvalue weighted by molar-refractivity contribution is 7.93.